The minimum atomic E-state index is -2.51. The number of carbonyl (C=O) groups is 1. The number of amides is 1. The van der Waals surface area contributed by atoms with Gasteiger partial charge < -0.3 is 15.8 Å². The van der Waals surface area contributed by atoms with E-state index in [9.17, 15) is 13.6 Å². The van der Waals surface area contributed by atoms with Gasteiger partial charge in [0.05, 0.1) is 24.4 Å². The standard InChI is InChI=1S/C11H14F2N2O2/c12-10(13)7-17-6-5-11(16)15-9-4-2-1-3-8(9)14/h1-4,10H,5-7,14H2,(H,15,16). The Morgan fingerprint density at radius 3 is 2.76 bits per heavy atom. The first-order chi connectivity index (χ1) is 8.09. The highest BCUT2D eigenvalue weighted by molar-refractivity contribution is 5.93. The number of alkyl halides is 2. The molecule has 17 heavy (non-hydrogen) atoms. The summed E-state index contributed by atoms with van der Waals surface area (Å²) in [7, 11) is 0. The molecule has 0 aliphatic rings. The van der Waals surface area contributed by atoms with E-state index < -0.39 is 13.0 Å². The molecule has 94 valence electrons. The first kappa shape index (κ1) is 13.4. The molecule has 0 heterocycles. The number of nitrogens with one attached hydrogen (secondary N) is 1. The van der Waals surface area contributed by atoms with Crippen LogP contribution in [0.5, 0.6) is 0 Å². The van der Waals surface area contributed by atoms with Crippen LogP contribution in [0.1, 0.15) is 6.42 Å². The van der Waals surface area contributed by atoms with Gasteiger partial charge in [0, 0.05) is 0 Å². The van der Waals surface area contributed by atoms with Crippen molar-refractivity contribution >= 4 is 17.3 Å². The second-order valence-electron chi connectivity index (χ2n) is 3.35. The third-order valence-electron chi connectivity index (χ3n) is 1.95. The van der Waals surface area contributed by atoms with Crippen LogP contribution < -0.4 is 11.1 Å². The molecule has 0 bridgehead atoms. The largest absolute Gasteiger partial charge is 0.397 e. The number of nitrogens with two attached hydrogens (primary N) is 1. The van der Waals surface area contributed by atoms with Crippen molar-refractivity contribution in [1.29, 1.82) is 0 Å². The maximum Gasteiger partial charge on any atom is 0.261 e. The Bertz CT molecular complexity index is 372. The summed E-state index contributed by atoms with van der Waals surface area (Å²) in [4.78, 5) is 11.4. The van der Waals surface area contributed by atoms with Gasteiger partial charge in [-0.05, 0) is 12.1 Å². The lowest BCUT2D eigenvalue weighted by atomic mass is 10.2. The van der Waals surface area contributed by atoms with E-state index in [1.165, 1.54) is 0 Å². The summed E-state index contributed by atoms with van der Waals surface area (Å²) in [5, 5.41) is 2.57. The molecule has 1 aromatic carbocycles. The van der Waals surface area contributed by atoms with Gasteiger partial charge in [0.2, 0.25) is 5.91 Å². The molecule has 6 heteroatoms. The van der Waals surface area contributed by atoms with Gasteiger partial charge in [0.15, 0.2) is 0 Å². The van der Waals surface area contributed by atoms with Gasteiger partial charge in [0.25, 0.3) is 6.43 Å². The molecule has 0 atom stereocenters. The molecule has 4 nitrogen and oxygen atoms in total. The minimum absolute atomic E-state index is 0.0149. The molecule has 0 fully saturated rings. The predicted molar refractivity (Wildman–Crippen MR) is 60.9 cm³/mol. The average Bonchev–Trinajstić information content (AvgIpc) is 2.27. The molecule has 0 aromatic heterocycles. The van der Waals surface area contributed by atoms with Crippen molar-refractivity contribution in [2.24, 2.45) is 0 Å². The van der Waals surface area contributed by atoms with E-state index in [0.29, 0.717) is 11.4 Å². The van der Waals surface area contributed by atoms with Crippen molar-refractivity contribution in [1.82, 2.24) is 0 Å². The zero-order valence-corrected chi connectivity index (χ0v) is 9.16. The van der Waals surface area contributed by atoms with E-state index in [-0.39, 0.29) is 18.9 Å². The molecule has 1 aromatic rings. The summed E-state index contributed by atoms with van der Waals surface area (Å²) in [6.45, 7) is -0.691. The first-order valence-corrected chi connectivity index (χ1v) is 5.10. The van der Waals surface area contributed by atoms with Crippen molar-refractivity contribution in [3.05, 3.63) is 24.3 Å². The lowest BCUT2D eigenvalue weighted by Gasteiger charge is -2.07. The second kappa shape index (κ2) is 6.80. The highest BCUT2D eigenvalue weighted by Crippen LogP contribution is 2.16. The summed E-state index contributed by atoms with van der Waals surface area (Å²) in [5.41, 5.74) is 6.58. The number of anilines is 2. The Hall–Kier alpha value is -1.69. The molecule has 0 spiro atoms. The van der Waals surface area contributed by atoms with Gasteiger partial charge in [-0.2, -0.15) is 0 Å². The van der Waals surface area contributed by atoms with E-state index >= 15 is 0 Å². The van der Waals surface area contributed by atoms with Crippen LogP contribution in [0.25, 0.3) is 0 Å². The maximum absolute atomic E-state index is 11.7. The minimum Gasteiger partial charge on any atom is -0.397 e. The number of rotatable bonds is 6. The van der Waals surface area contributed by atoms with Crippen LogP contribution in [0.2, 0.25) is 0 Å². The Morgan fingerprint density at radius 2 is 2.12 bits per heavy atom. The maximum atomic E-state index is 11.7. The van der Waals surface area contributed by atoms with Crippen LogP contribution in [-0.2, 0) is 9.53 Å². The van der Waals surface area contributed by atoms with Gasteiger partial charge in [0.1, 0.15) is 6.61 Å². The van der Waals surface area contributed by atoms with Crippen LogP contribution in [-0.4, -0.2) is 25.5 Å². The third-order valence-corrected chi connectivity index (χ3v) is 1.95. The van der Waals surface area contributed by atoms with Gasteiger partial charge in [-0.1, -0.05) is 12.1 Å². The van der Waals surface area contributed by atoms with Crippen molar-refractivity contribution in [3.8, 4) is 0 Å². The second-order valence-corrected chi connectivity index (χ2v) is 3.35. The van der Waals surface area contributed by atoms with Crippen LogP contribution in [0.4, 0.5) is 20.2 Å². The Balaban J connectivity index is 2.28. The van der Waals surface area contributed by atoms with E-state index in [0.717, 1.165) is 0 Å². The summed E-state index contributed by atoms with van der Waals surface area (Å²) < 4.78 is 28.0. The van der Waals surface area contributed by atoms with E-state index in [1.807, 2.05) is 0 Å². The lowest BCUT2D eigenvalue weighted by molar-refractivity contribution is -0.117. The zero-order chi connectivity index (χ0) is 12.7. The SMILES string of the molecule is Nc1ccccc1NC(=O)CCOCC(F)F. The fourth-order valence-electron chi connectivity index (χ4n) is 1.16. The Morgan fingerprint density at radius 1 is 1.41 bits per heavy atom. The molecule has 0 unspecified atom stereocenters. The molecule has 3 N–H and O–H groups in total. The molecule has 0 radical (unpaired) electrons. The van der Waals surface area contributed by atoms with Gasteiger partial charge in [-0.25, -0.2) is 8.78 Å². The zero-order valence-electron chi connectivity index (χ0n) is 9.16. The summed E-state index contributed by atoms with van der Waals surface area (Å²) >= 11 is 0. The van der Waals surface area contributed by atoms with Crippen molar-refractivity contribution in [2.45, 2.75) is 12.8 Å². The fraction of sp³-hybridized carbons (Fsp3) is 0.364. The van der Waals surface area contributed by atoms with Gasteiger partial charge >= 0.3 is 0 Å². The van der Waals surface area contributed by atoms with Gasteiger partial charge in [-0.3, -0.25) is 4.79 Å². The molecular formula is C11H14F2N2O2. The van der Waals surface area contributed by atoms with Gasteiger partial charge in [-0.15, -0.1) is 0 Å². The molecule has 0 saturated heterocycles. The highest BCUT2D eigenvalue weighted by Gasteiger charge is 2.06. The number of carbonyl (C=O) groups excluding carboxylic acids is 1. The lowest BCUT2D eigenvalue weighted by Crippen LogP contribution is -2.16. The number of hydrogen-bond acceptors (Lipinski definition) is 3. The quantitative estimate of drug-likeness (QED) is 0.593. The number of halogens is 2. The van der Waals surface area contributed by atoms with E-state index in [1.54, 1.807) is 24.3 Å². The molecule has 0 aliphatic carbocycles. The third kappa shape index (κ3) is 5.26. The summed E-state index contributed by atoms with van der Waals surface area (Å²) in [6, 6.07) is 6.80. The normalized spacial score (nSPS) is 10.5. The van der Waals surface area contributed by atoms with Crippen LogP contribution in [0.3, 0.4) is 0 Å². The average molecular weight is 244 g/mol. The molecule has 0 saturated carbocycles. The number of hydrogen-bond donors (Lipinski definition) is 2. The molecule has 1 rings (SSSR count). The molecule has 0 aliphatic heterocycles. The van der Waals surface area contributed by atoms with Crippen LogP contribution in [0.15, 0.2) is 24.3 Å². The Labute approximate surface area is 97.8 Å². The number of benzene rings is 1. The number of ether oxygens (including phenoxy) is 1. The summed E-state index contributed by atoms with van der Waals surface area (Å²) in [5.74, 6) is -0.322. The predicted octanol–water partition coefficient (Wildman–Crippen LogP) is 1.88. The Kier molecular flexibility index (Phi) is 5.35. The highest BCUT2D eigenvalue weighted by atomic mass is 19.3. The van der Waals surface area contributed by atoms with Crippen molar-refractivity contribution < 1.29 is 18.3 Å². The monoisotopic (exact) mass is 244 g/mol. The topological polar surface area (TPSA) is 64.3 Å². The van der Waals surface area contributed by atoms with Crippen molar-refractivity contribution in [2.75, 3.05) is 24.3 Å². The van der Waals surface area contributed by atoms with E-state index in [2.05, 4.69) is 10.1 Å². The number of para-hydroxylation sites is 2. The first-order valence-electron chi connectivity index (χ1n) is 5.10. The van der Waals surface area contributed by atoms with Crippen LogP contribution >= 0.6 is 0 Å². The molecule has 1 amide bonds. The van der Waals surface area contributed by atoms with Crippen LogP contribution in [0, 0.1) is 0 Å². The fourth-order valence-corrected chi connectivity index (χ4v) is 1.16. The van der Waals surface area contributed by atoms with Crippen molar-refractivity contribution in [3.63, 3.8) is 0 Å². The smallest absolute Gasteiger partial charge is 0.261 e. The molecular weight excluding hydrogens is 230 g/mol. The number of nitrogen functional groups attached to an aromatic ring is 1. The van der Waals surface area contributed by atoms with E-state index in [4.69, 9.17) is 5.73 Å². The summed E-state index contributed by atoms with van der Waals surface area (Å²) in [6.07, 6.45) is -2.50.